The van der Waals surface area contributed by atoms with Gasteiger partial charge in [-0.15, -0.1) is 10.2 Å². The van der Waals surface area contributed by atoms with Gasteiger partial charge in [0, 0.05) is 18.0 Å². The van der Waals surface area contributed by atoms with Gasteiger partial charge in [0.15, 0.2) is 6.61 Å². The number of pyridine rings is 1. The third-order valence-corrected chi connectivity index (χ3v) is 5.00. The summed E-state index contributed by atoms with van der Waals surface area (Å²) in [5, 5.41) is 8.84. The van der Waals surface area contributed by atoms with Gasteiger partial charge in [0.2, 0.25) is 0 Å². The standard InChI is InChI=1S/C19H15ClN4O3S/c1-12-6-7-16-21-13(8-18(25)24(16)9-12)11-28-19-23-22-17(27-19)10-26-15-5-3-2-4-14(15)20/h2-9H,10-11H2,1H3. The normalized spacial score (nSPS) is 11.1. The lowest BCUT2D eigenvalue weighted by atomic mass is 10.3. The second kappa shape index (κ2) is 8.04. The number of thioether (sulfide) groups is 1. The zero-order valence-corrected chi connectivity index (χ0v) is 16.4. The first kappa shape index (κ1) is 18.5. The van der Waals surface area contributed by atoms with Crippen molar-refractivity contribution in [2.45, 2.75) is 24.5 Å². The summed E-state index contributed by atoms with van der Waals surface area (Å²) in [5.74, 6) is 1.32. The van der Waals surface area contributed by atoms with Crippen LogP contribution in [0.5, 0.6) is 5.75 Å². The molecule has 4 aromatic rings. The number of halogens is 1. The summed E-state index contributed by atoms with van der Waals surface area (Å²) in [6, 6.07) is 12.4. The number of para-hydroxylation sites is 1. The number of nitrogens with zero attached hydrogens (tertiary/aromatic N) is 4. The summed E-state index contributed by atoms with van der Waals surface area (Å²) >= 11 is 7.35. The zero-order chi connectivity index (χ0) is 19.5. The fraction of sp³-hybridized carbons (Fsp3) is 0.158. The molecule has 0 fully saturated rings. The molecule has 0 amide bonds. The van der Waals surface area contributed by atoms with Crippen molar-refractivity contribution in [3.63, 3.8) is 0 Å². The number of aromatic nitrogens is 4. The molecule has 1 aromatic carbocycles. The van der Waals surface area contributed by atoms with Crippen LogP contribution in [0, 0.1) is 6.92 Å². The average molecular weight is 415 g/mol. The smallest absolute Gasteiger partial charge is 0.277 e. The molecule has 4 rings (SSSR count). The van der Waals surface area contributed by atoms with Gasteiger partial charge in [-0.1, -0.05) is 41.6 Å². The van der Waals surface area contributed by atoms with Crippen molar-refractivity contribution >= 4 is 29.0 Å². The van der Waals surface area contributed by atoms with Crippen LogP contribution < -0.4 is 10.3 Å². The highest BCUT2D eigenvalue weighted by molar-refractivity contribution is 7.98. The Labute approximate surface area is 169 Å². The lowest BCUT2D eigenvalue weighted by Crippen LogP contribution is -2.15. The second-order valence-electron chi connectivity index (χ2n) is 5.99. The number of aryl methyl sites for hydroxylation is 1. The Bertz CT molecular complexity index is 1190. The van der Waals surface area contributed by atoms with Crippen LogP contribution >= 0.6 is 23.4 Å². The minimum Gasteiger partial charge on any atom is -0.482 e. The Kier molecular flexibility index (Phi) is 5.31. The maximum Gasteiger partial charge on any atom is 0.277 e. The Morgan fingerprint density at radius 1 is 1.21 bits per heavy atom. The topological polar surface area (TPSA) is 82.5 Å². The first-order valence-electron chi connectivity index (χ1n) is 8.40. The molecule has 0 aliphatic carbocycles. The van der Waals surface area contributed by atoms with Gasteiger partial charge in [0.05, 0.1) is 10.7 Å². The van der Waals surface area contributed by atoms with Crippen molar-refractivity contribution in [1.82, 2.24) is 19.6 Å². The molecule has 0 saturated carbocycles. The van der Waals surface area contributed by atoms with Gasteiger partial charge >= 0.3 is 0 Å². The third kappa shape index (κ3) is 4.18. The highest BCUT2D eigenvalue weighted by atomic mass is 35.5. The van der Waals surface area contributed by atoms with E-state index in [9.17, 15) is 4.79 Å². The first-order valence-corrected chi connectivity index (χ1v) is 9.76. The molecule has 0 radical (unpaired) electrons. The SMILES string of the molecule is Cc1ccc2nc(CSc3nnc(COc4ccccc4Cl)o3)cc(=O)n2c1. The van der Waals surface area contributed by atoms with Crippen molar-refractivity contribution in [3.05, 3.63) is 81.2 Å². The van der Waals surface area contributed by atoms with Crippen LogP contribution in [-0.4, -0.2) is 19.6 Å². The van der Waals surface area contributed by atoms with E-state index < -0.39 is 0 Å². The van der Waals surface area contributed by atoms with Gasteiger partial charge in [-0.2, -0.15) is 0 Å². The summed E-state index contributed by atoms with van der Waals surface area (Å²) in [5.41, 5.74) is 2.12. The fourth-order valence-corrected chi connectivity index (χ4v) is 3.39. The predicted molar refractivity (Wildman–Crippen MR) is 106 cm³/mol. The van der Waals surface area contributed by atoms with E-state index in [4.69, 9.17) is 20.8 Å². The first-order chi connectivity index (χ1) is 13.6. The van der Waals surface area contributed by atoms with E-state index in [0.29, 0.717) is 39.0 Å². The van der Waals surface area contributed by atoms with Crippen LogP contribution in [0.15, 0.2) is 63.1 Å². The molecule has 0 saturated heterocycles. The van der Waals surface area contributed by atoms with Crippen molar-refractivity contribution in [3.8, 4) is 5.75 Å². The lowest BCUT2D eigenvalue weighted by molar-refractivity contribution is 0.252. The Morgan fingerprint density at radius 2 is 2.07 bits per heavy atom. The minimum absolute atomic E-state index is 0.117. The van der Waals surface area contributed by atoms with E-state index in [0.717, 1.165) is 5.56 Å². The molecule has 28 heavy (non-hydrogen) atoms. The Hall–Kier alpha value is -2.84. The molecule has 0 spiro atoms. The molecule has 142 valence electrons. The summed E-state index contributed by atoms with van der Waals surface area (Å²) in [7, 11) is 0. The highest BCUT2D eigenvalue weighted by Crippen LogP contribution is 2.25. The highest BCUT2D eigenvalue weighted by Gasteiger charge is 2.10. The molecule has 0 bridgehead atoms. The van der Waals surface area contributed by atoms with Crippen molar-refractivity contribution in [2.24, 2.45) is 0 Å². The summed E-state index contributed by atoms with van der Waals surface area (Å²) in [6.45, 7) is 2.05. The number of hydrogen-bond acceptors (Lipinski definition) is 7. The Morgan fingerprint density at radius 3 is 2.93 bits per heavy atom. The molecule has 0 N–H and O–H groups in total. The Balaban J connectivity index is 1.41. The van der Waals surface area contributed by atoms with E-state index in [1.54, 1.807) is 18.3 Å². The van der Waals surface area contributed by atoms with Gasteiger partial charge < -0.3 is 9.15 Å². The number of rotatable bonds is 6. The number of hydrogen-bond donors (Lipinski definition) is 0. The number of benzene rings is 1. The molecule has 9 heteroatoms. The van der Waals surface area contributed by atoms with E-state index >= 15 is 0 Å². The van der Waals surface area contributed by atoms with Crippen LogP contribution in [0.25, 0.3) is 5.65 Å². The van der Waals surface area contributed by atoms with Crippen molar-refractivity contribution < 1.29 is 9.15 Å². The van der Waals surface area contributed by atoms with Crippen LogP contribution in [0.2, 0.25) is 5.02 Å². The average Bonchev–Trinajstić information content (AvgIpc) is 3.14. The monoisotopic (exact) mass is 414 g/mol. The van der Waals surface area contributed by atoms with Crippen molar-refractivity contribution in [2.75, 3.05) is 0 Å². The van der Waals surface area contributed by atoms with Crippen molar-refractivity contribution in [1.29, 1.82) is 0 Å². The quantitative estimate of drug-likeness (QED) is 0.442. The molecular weight excluding hydrogens is 400 g/mol. The molecule has 0 aliphatic heterocycles. The molecular formula is C19H15ClN4O3S. The summed E-state index contributed by atoms with van der Waals surface area (Å²) in [4.78, 5) is 16.7. The van der Waals surface area contributed by atoms with Gasteiger partial charge in [-0.05, 0) is 30.7 Å². The van der Waals surface area contributed by atoms with Gasteiger partial charge in [-0.25, -0.2) is 4.98 Å². The van der Waals surface area contributed by atoms with E-state index in [2.05, 4.69) is 15.2 Å². The maximum absolute atomic E-state index is 12.2. The molecule has 0 aliphatic rings. The van der Waals surface area contributed by atoms with E-state index in [-0.39, 0.29) is 12.2 Å². The summed E-state index contributed by atoms with van der Waals surface area (Å²) < 4.78 is 12.7. The maximum atomic E-state index is 12.2. The third-order valence-electron chi connectivity index (χ3n) is 3.84. The fourth-order valence-electron chi connectivity index (χ4n) is 2.52. The number of fused-ring (bicyclic) bond motifs is 1. The van der Waals surface area contributed by atoms with Crippen LogP contribution in [0.1, 0.15) is 17.1 Å². The van der Waals surface area contributed by atoms with Gasteiger partial charge in [0.25, 0.3) is 16.7 Å². The summed E-state index contributed by atoms with van der Waals surface area (Å²) in [6.07, 6.45) is 1.77. The second-order valence-corrected chi connectivity index (χ2v) is 7.32. The largest absolute Gasteiger partial charge is 0.482 e. The van der Waals surface area contributed by atoms with Gasteiger partial charge in [0.1, 0.15) is 11.4 Å². The number of ether oxygens (including phenoxy) is 1. The van der Waals surface area contributed by atoms with E-state index in [1.165, 1.54) is 22.2 Å². The van der Waals surface area contributed by atoms with E-state index in [1.807, 2.05) is 31.2 Å². The zero-order valence-electron chi connectivity index (χ0n) is 14.8. The molecule has 7 nitrogen and oxygen atoms in total. The van der Waals surface area contributed by atoms with Gasteiger partial charge in [-0.3, -0.25) is 9.20 Å². The van der Waals surface area contributed by atoms with Crippen LogP contribution in [0.3, 0.4) is 0 Å². The lowest BCUT2D eigenvalue weighted by Gasteiger charge is -2.04. The molecule has 3 heterocycles. The molecule has 0 atom stereocenters. The van der Waals surface area contributed by atoms with Crippen LogP contribution in [0.4, 0.5) is 0 Å². The molecule has 3 aromatic heterocycles. The van der Waals surface area contributed by atoms with Crippen LogP contribution in [-0.2, 0) is 12.4 Å². The molecule has 0 unspecified atom stereocenters. The predicted octanol–water partition coefficient (Wildman–Crippen LogP) is 3.91. The minimum atomic E-state index is -0.122.